The maximum absolute atomic E-state index is 13.1. The highest BCUT2D eigenvalue weighted by molar-refractivity contribution is 8.15. The van der Waals surface area contributed by atoms with Crippen molar-refractivity contribution in [3.63, 3.8) is 0 Å². The number of ether oxygens (including phenoxy) is 2. The molecule has 2 aliphatic rings. The number of rotatable bonds is 9. The molecule has 36 heavy (non-hydrogen) atoms. The minimum Gasteiger partial charge on any atom is -0.494 e. The largest absolute Gasteiger partial charge is 0.494 e. The molecule has 1 atom stereocenters. The average molecular weight is 502 g/mol. The van der Waals surface area contributed by atoms with Crippen LogP contribution < -0.4 is 14.8 Å². The highest BCUT2D eigenvalue weighted by Gasteiger charge is 2.46. The van der Waals surface area contributed by atoms with Crippen LogP contribution in [0.2, 0.25) is 0 Å². The van der Waals surface area contributed by atoms with Crippen LogP contribution in [0.15, 0.2) is 83.9 Å². The lowest BCUT2D eigenvalue weighted by molar-refractivity contribution is -0.128. The third-order valence-electron chi connectivity index (χ3n) is 5.74. The van der Waals surface area contributed by atoms with E-state index in [0.717, 1.165) is 30.0 Å². The number of para-hydroxylation sites is 1. The number of nitrogens with one attached hydrogen (secondary N) is 1. The average Bonchev–Trinajstić information content (AvgIpc) is 3.67. The van der Waals surface area contributed by atoms with Crippen LogP contribution in [0.3, 0.4) is 0 Å². The van der Waals surface area contributed by atoms with Crippen LogP contribution in [-0.2, 0) is 9.59 Å². The van der Waals surface area contributed by atoms with Crippen molar-refractivity contribution >= 4 is 40.1 Å². The van der Waals surface area contributed by atoms with Gasteiger partial charge in [-0.3, -0.25) is 14.5 Å². The number of hydrogen-bond donors (Lipinski definition) is 1. The summed E-state index contributed by atoms with van der Waals surface area (Å²) >= 11 is 1.36. The van der Waals surface area contributed by atoms with Gasteiger partial charge < -0.3 is 14.8 Å². The summed E-state index contributed by atoms with van der Waals surface area (Å²) in [6.45, 7) is 2.54. The first-order chi connectivity index (χ1) is 17.6. The normalized spacial score (nSPS) is 18.4. The van der Waals surface area contributed by atoms with Crippen LogP contribution in [0.4, 0.5) is 11.4 Å². The highest BCUT2D eigenvalue weighted by atomic mass is 32.2. The SMILES string of the molecule is CCOc1ccc(N=C2SC(CC(=O)Nc3ccc(Oc4ccccc4)cc3)C(=O)N2C2CC2)cc1. The van der Waals surface area contributed by atoms with E-state index in [1.165, 1.54) is 11.8 Å². The molecule has 0 aromatic heterocycles. The lowest BCUT2D eigenvalue weighted by Gasteiger charge is -2.15. The van der Waals surface area contributed by atoms with Gasteiger partial charge in [0.1, 0.15) is 22.5 Å². The molecule has 3 aromatic carbocycles. The van der Waals surface area contributed by atoms with E-state index in [9.17, 15) is 9.59 Å². The minimum absolute atomic E-state index is 0.0473. The molecule has 0 bridgehead atoms. The van der Waals surface area contributed by atoms with Crippen molar-refractivity contribution in [2.75, 3.05) is 11.9 Å². The molecule has 2 amide bonds. The van der Waals surface area contributed by atoms with Gasteiger partial charge in [-0.05, 0) is 80.4 Å². The third kappa shape index (κ3) is 5.88. The summed E-state index contributed by atoms with van der Waals surface area (Å²) in [6, 6.07) is 24.3. The molecule has 1 aliphatic carbocycles. The standard InChI is InChI=1S/C28H27N3O4S/c1-2-34-22-14-8-20(9-15-22)30-28-31(21-12-13-21)27(33)25(36-28)18-26(32)29-19-10-16-24(17-11-19)35-23-6-4-3-5-7-23/h3-11,14-17,21,25H,2,12-13,18H2,1H3,(H,29,32). The predicted octanol–water partition coefficient (Wildman–Crippen LogP) is 6.00. The lowest BCUT2D eigenvalue weighted by atomic mass is 10.2. The summed E-state index contributed by atoms with van der Waals surface area (Å²) in [5, 5.41) is 3.06. The molecule has 1 saturated heterocycles. The van der Waals surface area contributed by atoms with Crippen LogP contribution in [0, 0.1) is 0 Å². The Labute approximate surface area is 214 Å². The second kappa shape index (κ2) is 10.9. The zero-order valence-corrected chi connectivity index (χ0v) is 20.7. The zero-order valence-electron chi connectivity index (χ0n) is 19.9. The molecule has 8 heteroatoms. The minimum atomic E-state index is -0.493. The van der Waals surface area contributed by atoms with Gasteiger partial charge in [0, 0.05) is 18.2 Å². The van der Waals surface area contributed by atoms with Crippen LogP contribution in [-0.4, -0.2) is 39.8 Å². The summed E-state index contributed by atoms with van der Waals surface area (Å²) in [5.41, 5.74) is 1.40. The van der Waals surface area contributed by atoms with E-state index >= 15 is 0 Å². The molecule has 0 spiro atoms. The van der Waals surface area contributed by atoms with Gasteiger partial charge in [0.15, 0.2) is 5.17 Å². The van der Waals surface area contributed by atoms with E-state index in [0.29, 0.717) is 23.2 Å². The zero-order chi connectivity index (χ0) is 24.9. The van der Waals surface area contributed by atoms with Crippen LogP contribution in [0.5, 0.6) is 17.2 Å². The fourth-order valence-corrected chi connectivity index (χ4v) is 5.08. The van der Waals surface area contributed by atoms with Crippen LogP contribution in [0.25, 0.3) is 0 Å². The van der Waals surface area contributed by atoms with Crippen molar-refractivity contribution in [3.8, 4) is 17.2 Å². The maximum Gasteiger partial charge on any atom is 0.242 e. The number of amidine groups is 1. The molecular formula is C28H27N3O4S. The van der Waals surface area contributed by atoms with Crippen molar-refractivity contribution in [3.05, 3.63) is 78.9 Å². The Balaban J connectivity index is 1.21. The van der Waals surface area contributed by atoms with Gasteiger partial charge in [0.05, 0.1) is 12.3 Å². The molecule has 7 nitrogen and oxygen atoms in total. The Morgan fingerprint density at radius 3 is 2.31 bits per heavy atom. The van der Waals surface area contributed by atoms with Gasteiger partial charge in [0.25, 0.3) is 0 Å². The fourth-order valence-electron chi connectivity index (χ4n) is 3.87. The van der Waals surface area contributed by atoms with Crippen molar-refractivity contribution < 1.29 is 19.1 Å². The van der Waals surface area contributed by atoms with Gasteiger partial charge in [-0.1, -0.05) is 30.0 Å². The number of nitrogens with zero attached hydrogens (tertiary/aromatic N) is 2. The van der Waals surface area contributed by atoms with Gasteiger partial charge in [-0.15, -0.1) is 0 Å². The summed E-state index contributed by atoms with van der Waals surface area (Å²) in [6.07, 6.45) is 2.01. The van der Waals surface area contributed by atoms with E-state index < -0.39 is 5.25 Å². The monoisotopic (exact) mass is 501 g/mol. The first-order valence-electron chi connectivity index (χ1n) is 12.0. The highest BCUT2D eigenvalue weighted by Crippen LogP contribution is 2.39. The second-order valence-corrected chi connectivity index (χ2v) is 9.73. The number of carbonyl (C=O) groups excluding carboxylic acids is 2. The number of amides is 2. The summed E-state index contributed by atoms with van der Waals surface area (Å²) in [5.74, 6) is 1.94. The van der Waals surface area contributed by atoms with Crippen molar-refractivity contribution in [2.24, 2.45) is 4.99 Å². The van der Waals surface area contributed by atoms with E-state index in [2.05, 4.69) is 5.32 Å². The van der Waals surface area contributed by atoms with E-state index in [4.69, 9.17) is 14.5 Å². The Hall–Kier alpha value is -3.78. The Bertz CT molecular complexity index is 1240. The fraction of sp³-hybridized carbons (Fsp3) is 0.250. The Kier molecular flexibility index (Phi) is 7.23. The summed E-state index contributed by atoms with van der Waals surface area (Å²) < 4.78 is 11.3. The molecule has 3 aromatic rings. The van der Waals surface area contributed by atoms with Crippen molar-refractivity contribution in [1.29, 1.82) is 0 Å². The van der Waals surface area contributed by atoms with Gasteiger partial charge in [-0.25, -0.2) is 4.99 Å². The molecule has 5 rings (SSSR count). The number of benzene rings is 3. The van der Waals surface area contributed by atoms with Gasteiger partial charge in [0.2, 0.25) is 11.8 Å². The third-order valence-corrected chi connectivity index (χ3v) is 6.89. The molecule has 1 unspecified atom stereocenters. The molecule has 1 heterocycles. The van der Waals surface area contributed by atoms with Crippen molar-refractivity contribution in [2.45, 2.75) is 37.5 Å². The number of hydrogen-bond acceptors (Lipinski definition) is 6. The predicted molar refractivity (Wildman–Crippen MR) is 142 cm³/mol. The molecule has 1 aliphatic heterocycles. The van der Waals surface area contributed by atoms with Crippen LogP contribution in [0.1, 0.15) is 26.2 Å². The number of aliphatic imine (C=N–C) groups is 1. The van der Waals surface area contributed by atoms with E-state index in [1.807, 2.05) is 61.5 Å². The Morgan fingerprint density at radius 1 is 0.972 bits per heavy atom. The lowest BCUT2D eigenvalue weighted by Crippen LogP contribution is -2.35. The van der Waals surface area contributed by atoms with Crippen molar-refractivity contribution in [1.82, 2.24) is 4.90 Å². The van der Waals surface area contributed by atoms with Crippen LogP contribution >= 0.6 is 11.8 Å². The van der Waals surface area contributed by atoms with Gasteiger partial charge >= 0.3 is 0 Å². The smallest absolute Gasteiger partial charge is 0.242 e. The quantitative estimate of drug-likeness (QED) is 0.389. The number of anilines is 1. The molecule has 1 saturated carbocycles. The molecule has 184 valence electrons. The molecule has 2 fully saturated rings. The topological polar surface area (TPSA) is 80.2 Å². The first-order valence-corrected chi connectivity index (χ1v) is 12.9. The first kappa shape index (κ1) is 23.9. The second-order valence-electron chi connectivity index (χ2n) is 8.56. The van der Waals surface area contributed by atoms with Gasteiger partial charge in [-0.2, -0.15) is 0 Å². The molecular weight excluding hydrogens is 474 g/mol. The maximum atomic E-state index is 13.1. The number of thioether (sulfide) groups is 1. The molecule has 0 radical (unpaired) electrons. The summed E-state index contributed by atoms with van der Waals surface area (Å²) in [7, 11) is 0. The Morgan fingerprint density at radius 2 is 1.64 bits per heavy atom. The van der Waals surface area contributed by atoms with E-state index in [1.54, 1.807) is 29.2 Å². The summed E-state index contributed by atoms with van der Waals surface area (Å²) in [4.78, 5) is 32.4. The molecule has 1 N–H and O–H groups in total. The number of carbonyl (C=O) groups is 2. The van der Waals surface area contributed by atoms with E-state index in [-0.39, 0.29) is 24.3 Å².